The first kappa shape index (κ1) is 20.2. The van der Waals surface area contributed by atoms with Crippen LogP contribution in [0.2, 0.25) is 0 Å². The van der Waals surface area contributed by atoms with Gasteiger partial charge in [0.15, 0.2) is 0 Å². The van der Waals surface area contributed by atoms with Gasteiger partial charge in [0.1, 0.15) is 0 Å². The van der Waals surface area contributed by atoms with Crippen molar-refractivity contribution >= 4 is 5.91 Å². The van der Waals surface area contributed by atoms with Crippen LogP contribution in [0.15, 0.2) is 30.3 Å². The summed E-state index contributed by atoms with van der Waals surface area (Å²) in [4.78, 5) is 16.6. The average molecular weight is 423 g/mol. The molecule has 1 amide bonds. The van der Waals surface area contributed by atoms with E-state index in [1.54, 1.807) is 0 Å². The summed E-state index contributed by atoms with van der Waals surface area (Å²) in [6.07, 6.45) is 9.33. The normalized spacial score (nSPS) is 45.1. The van der Waals surface area contributed by atoms with Crippen molar-refractivity contribution in [3.8, 4) is 0 Å². The molecule has 7 aliphatic rings. The van der Waals surface area contributed by atoms with E-state index in [1.165, 1.54) is 50.8 Å². The molecule has 3 aliphatic heterocycles. The van der Waals surface area contributed by atoms with Gasteiger partial charge in [0, 0.05) is 19.2 Å². The van der Waals surface area contributed by atoms with Crippen LogP contribution >= 0.6 is 0 Å². The summed E-state index contributed by atoms with van der Waals surface area (Å²) in [5.74, 6) is 1.70. The van der Waals surface area contributed by atoms with E-state index in [0.29, 0.717) is 23.8 Å². The van der Waals surface area contributed by atoms with Gasteiger partial charge in [0.2, 0.25) is 5.91 Å². The number of nitrogens with one attached hydrogen (secondary N) is 1. The number of ether oxygens (including phenoxy) is 1. The first-order valence-electron chi connectivity index (χ1n) is 12.7. The van der Waals surface area contributed by atoms with Crippen molar-refractivity contribution in [3.05, 3.63) is 35.9 Å². The Morgan fingerprint density at radius 2 is 1.90 bits per heavy atom. The standard InChI is InChI=1S/C27H38N2O2/c1-2-31-19-25-12-20-13-26(16-25,22-6-4-3-5-7-22)18-27(14-20,17-25)24(30)28-23-15-29-10-8-21(23)9-11-29/h3-7,20-21,23H,2,8-19H2,1H3,(H,28,30)/t20?,23-,25+,26-,27?/m1/s1. The van der Waals surface area contributed by atoms with E-state index in [-0.39, 0.29) is 16.2 Å². The minimum atomic E-state index is -0.210. The lowest BCUT2D eigenvalue weighted by atomic mass is 9.38. The zero-order chi connectivity index (χ0) is 21.1. The Kier molecular flexibility index (Phi) is 4.77. The molecule has 1 aromatic carbocycles. The van der Waals surface area contributed by atoms with Crippen molar-refractivity contribution in [3.63, 3.8) is 0 Å². The Morgan fingerprint density at radius 3 is 2.61 bits per heavy atom. The van der Waals surface area contributed by atoms with E-state index in [9.17, 15) is 4.79 Å². The lowest BCUT2D eigenvalue weighted by Gasteiger charge is -2.66. The molecule has 0 aromatic heterocycles. The van der Waals surface area contributed by atoms with E-state index in [1.807, 2.05) is 0 Å². The van der Waals surface area contributed by atoms with Gasteiger partial charge in [-0.05, 0) is 99.6 Å². The highest BCUT2D eigenvalue weighted by Crippen LogP contribution is 2.70. The van der Waals surface area contributed by atoms with Crippen LogP contribution in [-0.4, -0.2) is 49.7 Å². The second kappa shape index (κ2) is 7.31. The monoisotopic (exact) mass is 422 g/mol. The predicted molar refractivity (Wildman–Crippen MR) is 122 cm³/mol. The minimum absolute atomic E-state index is 0.143. The topological polar surface area (TPSA) is 41.6 Å². The Labute approximate surface area is 187 Å². The van der Waals surface area contributed by atoms with E-state index < -0.39 is 0 Å². The average Bonchev–Trinajstić information content (AvgIpc) is 2.78. The fourth-order valence-electron chi connectivity index (χ4n) is 8.93. The Balaban J connectivity index is 1.32. The molecule has 168 valence electrons. The van der Waals surface area contributed by atoms with Crippen molar-refractivity contribution in [1.82, 2.24) is 10.2 Å². The third-order valence-corrected chi connectivity index (χ3v) is 9.64. The summed E-state index contributed by atoms with van der Waals surface area (Å²) in [6.45, 7) is 7.19. The molecule has 31 heavy (non-hydrogen) atoms. The van der Waals surface area contributed by atoms with Crippen LogP contribution in [0.4, 0.5) is 0 Å². The van der Waals surface area contributed by atoms with Gasteiger partial charge in [0.05, 0.1) is 12.0 Å². The van der Waals surface area contributed by atoms with Crippen molar-refractivity contribution in [2.24, 2.45) is 22.7 Å². The summed E-state index contributed by atoms with van der Waals surface area (Å²) in [7, 11) is 0. The van der Waals surface area contributed by atoms with E-state index in [4.69, 9.17) is 4.74 Å². The van der Waals surface area contributed by atoms with Crippen LogP contribution in [0.3, 0.4) is 0 Å². The Bertz CT molecular complexity index is 835. The maximum absolute atomic E-state index is 14.1. The fourth-order valence-corrected chi connectivity index (χ4v) is 8.93. The molecule has 0 spiro atoms. The second-order valence-corrected chi connectivity index (χ2v) is 11.8. The van der Waals surface area contributed by atoms with Gasteiger partial charge < -0.3 is 15.0 Å². The minimum Gasteiger partial charge on any atom is -0.381 e. The predicted octanol–water partition coefficient (Wildman–Crippen LogP) is 4.14. The van der Waals surface area contributed by atoms with Crippen LogP contribution in [0.25, 0.3) is 0 Å². The fraction of sp³-hybridized carbons (Fsp3) is 0.741. The third kappa shape index (κ3) is 3.28. The van der Waals surface area contributed by atoms with Gasteiger partial charge in [-0.25, -0.2) is 0 Å². The number of carbonyl (C=O) groups is 1. The van der Waals surface area contributed by atoms with Gasteiger partial charge in [0.25, 0.3) is 0 Å². The summed E-state index contributed by atoms with van der Waals surface area (Å²) in [6, 6.07) is 11.5. The third-order valence-electron chi connectivity index (χ3n) is 9.64. The second-order valence-electron chi connectivity index (χ2n) is 11.8. The quantitative estimate of drug-likeness (QED) is 0.749. The Hall–Kier alpha value is -1.39. The largest absolute Gasteiger partial charge is 0.381 e. The maximum Gasteiger partial charge on any atom is 0.226 e. The summed E-state index contributed by atoms with van der Waals surface area (Å²) in [5.41, 5.74) is 1.56. The number of benzene rings is 1. The van der Waals surface area contributed by atoms with E-state index in [2.05, 4.69) is 47.5 Å². The number of rotatable bonds is 6. The first-order chi connectivity index (χ1) is 15.0. The summed E-state index contributed by atoms with van der Waals surface area (Å²) in [5, 5.41) is 3.63. The number of fused-ring (bicyclic) bond motifs is 3. The lowest BCUT2D eigenvalue weighted by Crippen LogP contribution is -2.66. The molecule has 4 nitrogen and oxygen atoms in total. The first-order valence-corrected chi connectivity index (χ1v) is 12.7. The van der Waals surface area contributed by atoms with Crippen LogP contribution in [0.5, 0.6) is 0 Å². The number of hydrogen-bond acceptors (Lipinski definition) is 3. The molecular weight excluding hydrogens is 384 g/mol. The van der Waals surface area contributed by atoms with Gasteiger partial charge in [-0.3, -0.25) is 4.79 Å². The van der Waals surface area contributed by atoms with Crippen molar-refractivity contribution in [2.45, 2.75) is 69.7 Å². The van der Waals surface area contributed by atoms with E-state index in [0.717, 1.165) is 39.0 Å². The highest BCUT2D eigenvalue weighted by Gasteiger charge is 2.66. The molecule has 4 heteroatoms. The molecule has 2 unspecified atom stereocenters. The molecule has 0 radical (unpaired) electrons. The van der Waals surface area contributed by atoms with Crippen LogP contribution < -0.4 is 5.32 Å². The van der Waals surface area contributed by atoms with Gasteiger partial charge in [-0.15, -0.1) is 0 Å². The van der Waals surface area contributed by atoms with Crippen LogP contribution in [0, 0.1) is 22.7 Å². The zero-order valence-electron chi connectivity index (χ0n) is 19.1. The summed E-state index contributed by atoms with van der Waals surface area (Å²) >= 11 is 0. The molecule has 4 aliphatic carbocycles. The zero-order valence-corrected chi connectivity index (χ0v) is 19.1. The Morgan fingerprint density at radius 1 is 1.10 bits per heavy atom. The number of nitrogens with zero attached hydrogens (tertiary/aromatic N) is 1. The molecular formula is C27H38N2O2. The SMILES string of the molecule is CCOC[C@]12CC3CC(C(=O)N[C@@H]4CN5CCC4CC5)(C1)C[C@@](c1ccccc1)(C3)C2. The highest BCUT2D eigenvalue weighted by atomic mass is 16.5. The van der Waals surface area contributed by atoms with Crippen molar-refractivity contribution in [2.75, 3.05) is 32.8 Å². The molecule has 4 saturated carbocycles. The molecule has 8 rings (SSSR count). The van der Waals surface area contributed by atoms with Crippen molar-refractivity contribution < 1.29 is 9.53 Å². The molecule has 6 bridgehead atoms. The number of piperidine rings is 3. The van der Waals surface area contributed by atoms with Crippen LogP contribution in [-0.2, 0) is 14.9 Å². The number of amides is 1. The maximum atomic E-state index is 14.1. The van der Waals surface area contributed by atoms with Crippen molar-refractivity contribution in [1.29, 1.82) is 0 Å². The molecule has 1 aromatic rings. The molecule has 1 N–H and O–H groups in total. The molecule has 3 heterocycles. The highest BCUT2D eigenvalue weighted by molar-refractivity contribution is 5.84. The molecule has 7 fully saturated rings. The smallest absolute Gasteiger partial charge is 0.226 e. The van der Waals surface area contributed by atoms with Gasteiger partial charge >= 0.3 is 0 Å². The lowest BCUT2D eigenvalue weighted by molar-refractivity contribution is -0.173. The van der Waals surface area contributed by atoms with Crippen LogP contribution in [0.1, 0.15) is 63.9 Å². The van der Waals surface area contributed by atoms with E-state index >= 15 is 0 Å². The molecule has 3 saturated heterocycles. The number of carbonyl (C=O) groups excluding carboxylic acids is 1. The van der Waals surface area contributed by atoms with Gasteiger partial charge in [-0.2, -0.15) is 0 Å². The molecule has 5 atom stereocenters. The number of hydrogen-bond donors (Lipinski definition) is 1. The summed E-state index contributed by atoms with van der Waals surface area (Å²) < 4.78 is 6.08. The van der Waals surface area contributed by atoms with Gasteiger partial charge in [-0.1, -0.05) is 30.3 Å².